The van der Waals surface area contributed by atoms with Gasteiger partial charge in [-0.1, -0.05) is 54.3 Å². The van der Waals surface area contributed by atoms with E-state index in [1.807, 2.05) is 18.2 Å². The summed E-state index contributed by atoms with van der Waals surface area (Å²) in [6, 6.07) is 10.4. The molecular formula is C21H25O2-. The third kappa shape index (κ3) is 2.52. The van der Waals surface area contributed by atoms with Crippen LogP contribution in [0.15, 0.2) is 41.5 Å². The molecule has 1 aromatic carbocycles. The summed E-state index contributed by atoms with van der Waals surface area (Å²) in [5.41, 5.74) is 4.35. The number of hydrogen-bond acceptors (Lipinski definition) is 2. The average Bonchev–Trinajstić information content (AvgIpc) is 2.61. The van der Waals surface area contributed by atoms with Crippen LogP contribution >= 0.6 is 0 Å². The zero-order valence-electron chi connectivity index (χ0n) is 13.7. The zero-order chi connectivity index (χ0) is 15.8. The quantitative estimate of drug-likeness (QED) is 0.779. The molecule has 2 heteroatoms. The van der Waals surface area contributed by atoms with E-state index >= 15 is 0 Å². The Morgan fingerprint density at radius 1 is 0.870 bits per heavy atom. The summed E-state index contributed by atoms with van der Waals surface area (Å²) in [5, 5.41) is 12.1. The maximum absolute atomic E-state index is 12.1. The predicted octanol–water partition coefficient (Wildman–Crippen LogP) is 3.83. The first-order chi connectivity index (χ1) is 11.3. The van der Waals surface area contributed by atoms with Crippen LogP contribution in [0, 0.1) is 17.8 Å². The van der Waals surface area contributed by atoms with Crippen molar-refractivity contribution < 1.29 is 9.90 Å². The second kappa shape index (κ2) is 6.14. The van der Waals surface area contributed by atoms with Crippen molar-refractivity contribution in [2.75, 3.05) is 0 Å². The van der Waals surface area contributed by atoms with Crippen LogP contribution < -0.4 is 5.11 Å². The van der Waals surface area contributed by atoms with Crippen molar-refractivity contribution in [2.24, 2.45) is 17.8 Å². The number of aliphatic carboxylic acids is 1. The third-order valence-electron chi connectivity index (χ3n) is 6.44. The molecule has 2 saturated carbocycles. The van der Waals surface area contributed by atoms with Gasteiger partial charge in [0, 0.05) is 11.9 Å². The smallest absolute Gasteiger partial charge is 0.0457 e. The van der Waals surface area contributed by atoms with Gasteiger partial charge in [-0.3, -0.25) is 0 Å². The molecule has 2 fully saturated rings. The van der Waals surface area contributed by atoms with Gasteiger partial charge in [-0.2, -0.15) is 0 Å². The van der Waals surface area contributed by atoms with E-state index in [1.165, 1.54) is 36.8 Å². The van der Waals surface area contributed by atoms with Crippen LogP contribution in [0.5, 0.6) is 0 Å². The largest absolute Gasteiger partial charge is 0.550 e. The van der Waals surface area contributed by atoms with Crippen LogP contribution in [0.2, 0.25) is 0 Å². The van der Waals surface area contributed by atoms with Crippen molar-refractivity contribution in [3.63, 3.8) is 0 Å². The number of carbonyl (C=O) groups excluding carboxylic acids is 1. The monoisotopic (exact) mass is 309 g/mol. The highest BCUT2D eigenvalue weighted by atomic mass is 16.4. The number of carboxylic acids is 1. The fourth-order valence-corrected chi connectivity index (χ4v) is 5.59. The van der Waals surface area contributed by atoms with Crippen molar-refractivity contribution in [1.82, 2.24) is 0 Å². The number of allylic oxidation sites excluding steroid dienone is 2. The van der Waals surface area contributed by atoms with Crippen LogP contribution in [0.4, 0.5) is 0 Å². The number of carbonyl (C=O) groups is 1. The van der Waals surface area contributed by atoms with Crippen molar-refractivity contribution >= 4 is 5.97 Å². The van der Waals surface area contributed by atoms with Crippen molar-refractivity contribution in [3.8, 4) is 0 Å². The molecule has 3 aliphatic carbocycles. The van der Waals surface area contributed by atoms with Gasteiger partial charge in [-0.05, 0) is 61.8 Å². The lowest BCUT2D eigenvalue weighted by molar-refractivity contribution is -0.314. The molecule has 2 nitrogen and oxygen atoms in total. The maximum atomic E-state index is 12.1. The number of fused-ring (bicyclic) bond motifs is 2. The number of hydrogen-bond donors (Lipinski definition) is 0. The standard InChI is InChI=1S/C21H26O2/c22-21(23)20-18-13-7-5-11-16(18)15-10-4-6-12-17(15)19(20)14-8-2-1-3-9-14/h1-3,8-9,17-20H,4-7,10-13H2,(H,22,23)/p-1/t17-,18+,19-,20+/m0/s1. The first kappa shape index (κ1) is 15.0. The summed E-state index contributed by atoms with van der Waals surface area (Å²) in [4.78, 5) is 12.1. The van der Waals surface area contributed by atoms with Crippen LogP contribution in [0.25, 0.3) is 0 Å². The van der Waals surface area contributed by atoms with Gasteiger partial charge in [0.25, 0.3) is 0 Å². The van der Waals surface area contributed by atoms with Gasteiger partial charge >= 0.3 is 0 Å². The number of carboxylic acid groups (broad SMARTS) is 1. The molecule has 4 atom stereocenters. The maximum Gasteiger partial charge on any atom is 0.0457 e. The molecule has 122 valence electrons. The minimum Gasteiger partial charge on any atom is -0.550 e. The molecule has 3 aliphatic rings. The lowest BCUT2D eigenvalue weighted by Gasteiger charge is -2.50. The molecular weight excluding hydrogens is 284 g/mol. The zero-order valence-corrected chi connectivity index (χ0v) is 13.7. The molecule has 0 amide bonds. The molecule has 1 aromatic rings. The summed E-state index contributed by atoms with van der Waals surface area (Å²) < 4.78 is 0. The van der Waals surface area contributed by atoms with E-state index in [0.29, 0.717) is 5.92 Å². The summed E-state index contributed by atoms with van der Waals surface area (Å²) in [6.07, 6.45) is 9.41. The highest BCUT2D eigenvalue weighted by Gasteiger charge is 2.45. The van der Waals surface area contributed by atoms with Gasteiger partial charge in [-0.25, -0.2) is 0 Å². The molecule has 0 aromatic heterocycles. The SMILES string of the molecule is O=C([O-])[C@H]1[C@@H](c2ccccc2)[C@H]2CCCCC2=C2CCCC[C@H]21. The van der Waals surface area contributed by atoms with Gasteiger partial charge in [0.05, 0.1) is 0 Å². The van der Waals surface area contributed by atoms with E-state index in [2.05, 4.69) is 12.1 Å². The molecule has 0 saturated heterocycles. The molecule has 0 bridgehead atoms. The highest BCUT2D eigenvalue weighted by Crippen LogP contribution is 2.55. The number of rotatable bonds is 2. The fourth-order valence-electron chi connectivity index (χ4n) is 5.59. The van der Waals surface area contributed by atoms with Gasteiger partial charge in [0.15, 0.2) is 0 Å². The second-order valence-electron chi connectivity index (χ2n) is 7.54. The van der Waals surface area contributed by atoms with Gasteiger partial charge in [0.1, 0.15) is 0 Å². The van der Waals surface area contributed by atoms with E-state index in [0.717, 1.165) is 25.7 Å². The molecule has 0 spiro atoms. The Bertz CT molecular complexity index is 616. The fraction of sp³-hybridized carbons (Fsp3) is 0.571. The second-order valence-corrected chi connectivity index (χ2v) is 7.54. The van der Waals surface area contributed by atoms with Crippen LogP contribution in [-0.2, 0) is 4.79 Å². The first-order valence-electron chi connectivity index (χ1n) is 9.25. The Balaban J connectivity index is 1.85. The molecule has 0 heterocycles. The van der Waals surface area contributed by atoms with Gasteiger partial charge in [-0.15, -0.1) is 0 Å². The highest BCUT2D eigenvalue weighted by molar-refractivity contribution is 5.71. The van der Waals surface area contributed by atoms with Crippen LogP contribution in [0.3, 0.4) is 0 Å². The summed E-state index contributed by atoms with van der Waals surface area (Å²) in [6.45, 7) is 0. The Labute approximate surface area is 138 Å². The summed E-state index contributed by atoms with van der Waals surface area (Å²) >= 11 is 0. The van der Waals surface area contributed by atoms with E-state index in [4.69, 9.17) is 0 Å². The molecule has 0 N–H and O–H groups in total. The molecule has 23 heavy (non-hydrogen) atoms. The topological polar surface area (TPSA) is 40.1 Å². The average molecular weight is 309 g/mol. The van der Waals surface area contributed by atoms with E-state index in [-0.39, 0.29) is 17.8 Å². The van der Waals surface area contributed by atoms with E-state index in [9.17, 15) is 9.90 Å². The minimum atomic E-state index is -0.826. The Kier molecular flexibility index (Phi) is 4.00. The minimum absolute atomic E-state index is 0.114. The van der Waals surface area contributed by atoms with Crippen molar-refractivity contribution in [1.29, 1.82) is 0 Å². The lowest BCUT2D eigenvalue weighted by atomic mass is 9.56. The molecule has 0 unspecified atom stereocenters. The summed E-state index contributed by atoms with van der Waals surface area (Å²) in [5.74, 6) is -0.391. The first-order valence-corrected chi connectivity index (χ1v) is 9.25. The lowest BCUT2D eigenvalue weighted by Crippen LogP contribution is -2.47. The van der Waals surface area contributed by atoms with Crippen molar-refractivity contribution in [3.05, 3.63) is 47.0 Å². The molecule has 0 aliphatic heterocycles. The summed E-state index contributed by atoms with van der Waals surface area (Å²) in [7, 11) is 0. The Morgan fingerprint density at radius 2 is 1.48 bits per heavy atom. The Morgan fingerprint density at radius 3 is 2.13 bits per heavy atom. The number of benzene rings is 1. The normalized spacial score (nSPS) is 33.7. The van der Waals surface area contributed by atoms with Gasteiger partial charge in [0.2, 0.25) is 0 Å². The van der Waals surface area contributed by atoms with Crippen LogP contribution in [-0.4, -0.2) is 5.97 Å². The van der Waals surface area contributed by atoms with Crippen LogP contribution in [0.1, 0.15) is 62.8 Å². The molecule has 4 rings (SSSR count). The van der Waals surface area contributed by atoms with E-state index in [1.54, 1.807) is 5.57 Å². The molecule has 0 radical (unpaired) electrons. The predicted molar refractivity (Wildman–Crippen MR) is 88.6 cm³/mol. The third-order valence-corrected chi connectivity index (χ3v) is 6.44. The Hall–Kier alpha value is -1.57. The van der Waals surface area contributed by atoms with Crippen molar-refractivity contribution in [2.45, 2.75) is 57.3 Å². The van der Waals surface area contributed by atoms with E-state index < -0.39 is 5.97 Å². The van der Waals surface area contributed by atoms with Gasteiger partial charge < -0.3 is 9.90 Å².